The Hall–Kier alpha value is -0.840. The van der Waals surface area contributed by atoms with Gasteiger partial charge in [-0.3, -0.25) is 0 Å². The molecule has 0 bridgehead atoms. The van der Waals surface area contributed by atoms with E-state index >= 15 is 0 Å². The lowest BCUT2D eigenvalue weighted by Crippen LogP contribution is -2.42. The summed E-state index contributed by atoms with van der Waals surface area (Å²) in [5.74, 6) is 0. The van der Waals surface area contributed by atoms with Gasteiger partial charge in [-0.05, 0) is 12.8 Å². The highest BCUT2D eigenvalue weighted by Crippen LogP contribution is 1.93. The zero-order valence-corrected chi connectivity index (χ0v) is 14.2. The van der Waals surface area contributed by atoms with Crippen LogP contribution < -0.4 is 22.1 Å². The summed E-state index contributed by atoms with van der Waals surface area (Å²) < 4.78 is 0. The van der Waals surface area contributed by atoms with Crippen molar-refractivity contribution in [2.24, 2.45) is 11.5 Å². The molecule has 8 heteroatoms. The van der Waals surface area contributed by atoms with Gasteiger partial charge in [0.25, 0.3) is 0 Å². The molecule has 0 amide bonds. The predicted octanol–water partition coefficient (Wildman–Crippen LogP) is -2.58. The van der Waals surface area contributed by atoms with Crippen molar-refractivity contribution in [3.8, 4) is 0 Å². The minimum atomic E-state index is -0.872. The second-order valence-electron chi connectivity index (χ2n) is 5.64. The summed E-state index contributed by atoms with van der Waals surface area (Å²) in [7, 11) is 0. The summed E-state index contributed by atoms with van der Waals surface area (Å²) in [5, 5.41) is 44.1. The van der Waals surface area contributed by atoms with Gasteiger partial charge in [0.2, 0.25) is 0 Å². The largest absolute Gasteiger partial charge is 0.391 e. The second kappa shape index (κ2) is 15.7. The first kappa shape index (κ1) is 23.2. The molecule has 10 N–H and O–H groups in total. The first-order chi connectivity index (χ1) is 11.5. The number of nitrogens with two attached hydrogens (primary N) is 2. The molecule has 0 rings (SSSR count). The van der Waals surface area contributed by atoms with Crippen LogP contribution in [0.1, 0.15) is 12.8 Å². The molecule has 24 heavy (non-hydrogen) atoms. The Morgan fingerprint density at radius 3 is 1.38 bits per heavy atom. The molecule has 4 atom stereocenters. The average Bonchev–Trinajstić information content (AvgIpc) is 2.59. The fraction of sp³-hybridized carbons (Fsp3) is 0.750. The Bertz CT molecular complexity index is 310. The van der Waals surface area contributed by atoms with Gasteiger partial charge >= 0.3 is 0 Å². The zero-order chi connectivity index (χ0) is 18.2. The first-order valence-corrected chi connectivity index (χ1v) is 8.35. The molecule has 0 radical (unpaired) electrons. The Balaban J connectivity index is 3.64. The van der Waals surface area contributed by atoms with Crippen molar-refractivity contribution in [2.75, 3.05) is 39.3 Å². The number of hydrogen-bond donors (Lipinski definition) is 8. The molecule has 0 aliphatic rings. The van der Waals surface area contributed by atoms with Gasteiger partial charge in [0, 0.05) is 39.3 Å². The fourth-order valence-corrected chi connectivity index (χ4v) is 1.77. The molecule has 4 unspecified atom stereocenters. The van der Waals surface area contributed by atoms with Gasteiger partial charge in [-0.25, -0.2) is 0 Å². The third-order valence-electron chi connectivity index (χ3n) is 3.37. The summed E-state index contributed by atoms with van der Waals surface area (Å²) in [4.78, 5) is 0. The maximum atomic E-state index is 9.81. The van der Waals surface area contributed by atoms with Crippen LogP contribution in [0.3, 0.4) is 0 Å². The van der Waals surface area contributed by atoms with Crippen LogP contribution in [-0.2, 0) is 0 Å². The van der Waals surface area contributed by atoms with Crippen LogP contribution in [0, 0.1) is 0 Å². The fourth-order valence-electron chi connectivity index (χ4n) is 1.77. The summed E-state index contributed by atoms with van der Waals surface area (Å²) in [6.45, 7) is 2.09. The number of hydrogen-bond acceptors (Lipinski definition) is 8. The molecule has 0 aromatic carbocycles. The van der Waals surface area contributed by atoms with Crippen LogP contribution in [0.2, 0.25) is 0 Å². The zero-order valence-electron chi connectivity index (χ0n) is 14.2. The van der Waals surface area contributed by atoms with E-state index in [0.717, 1.165) is 0 Å². The van der Waals surface area contributed by atoms with Gasteiger partial charge in [-0.2, -0.15) is 0 Å². The molecular weight excluding hydrogens is 312 g/mol. The average molecular weight is 346 g/mol. The van der Waals surface area contributed by atoms with E-state index in [-0.39, 0.29) is 26.2 Å². The monoisotopic (exact) mass is 346 g/mol. The quantitative estimate of drug-likeness (QED) is 0.119. The van der Waals surface area contributed by atoms with E-state index in [0.29, 0.717) is 25.9 Å². The highest BCUT2D eigenvalue weighted by Gasteiger charge is 2.14. The van der Waals surface area contributed by atoms with Crippen LogP contribution in [0.4, 0.5) is 0 Å². The van der Waals surface area contributed by atoms with Crippen molar-refractivity contribution in [1.29, 1.82) is 0 Å². The normalized spacial score (nSPS) is 17.4. The van der Waals surface area contributed by atoms with Crippen molar-refractivity contribution in [3.63, 3.8) is 0 Å². The molecule has 0 aromatic heterocycles. The lowest BCUT2D eigenvalue weighted by Gasteiger charge is -2.18. The Labute approximate surface area is 144 Å². The second-order valence-corrected chi connectivity index (χ2v) is 5.64. The minimum Gasteiger partial charge on any atom is -0.391 e. The third kappa shape index (κ3) is 13.6. The summed E-state index contributed by atoms with van der Waals surface area (Å²) in [6.07, 6.45) is 5.55. The maximum Gasteiger partial charge on any atom is 0.0935 e. The van der Waals surface area contributed by atoms with Crippen molar-refractivity contribution in [2.45, 2.75) is 37.3 Å². The van der Waals surface area contributed by atoms with E-state index in [1.165, 1.54) is 0 Å². The smallest absolute Gasteiger partial charge is 0.0935 e. The summed E-state index contributed by atoms with van der Waals surface area (Å²) in [6, 6.07) is 0. The molecule has 142 valence electrons. The van der Waals surface area contributed by atoms with E-state index in [1.807, 2.05) is 24.3 Å². The molecular formula is C16H34N4O4. The van der Waals surface area contributed by atoms with Crippen LogP contribution in [0.5, 0.6) is 0 Å². The van der Waals surface area contributed by atoms with Gasteiger partial charge in [0.15, 0.2) is 0 Å². The van der Waals surface area contributed by atoms with Crippen molar-refractivity contribution >= 4 is 0 Å². The van der Waals surface area contributed by atoms with Crippen LogP contribution in [0.15, 0.2) is 24.3 Å². The topological polar surface area (TPSA) is 157 Å². The number of aliphatic hydroxyl groups is 4. The highest BCUT2D eigenvalue weighted by molar-refractivity contribution is 4.88. The van der Waals surface area contributed by atoms with E-state index in [1.54, 1.807) is 0 Å². The number of nitrogens with one attached hydrogen (secondary N) is 2. The van der Waals surface area contributed by atoms with Crippen molar-refractivity contribution < 1.29 is 20.4 Å². The lowest BCUT2D eigenvalue weighted by molar-refractivity contribution is 0.0220. The number of rotatable bonds is 15. The summed E-state index contributed by atoms with van der Waals surface area (Å²) >= 11 is 0. The van der Waals surface area contributed by atoms with Gasteiger partial charge in [-0.15, -0.1) is 0 Å². The molecule has 0 aromatic rings. The molecule has 0 aliphatic heterocycles. The third-order valence-corrected chi connectivity index (χ3v) is 3.37. The van der Waals surface area contributed by atoms with E-state index < -0.39 is 24.4 Å². The van der Waals surface area contributed by atoms with Crippen LogP contribution >= 0.6 is 0 Å². The Kier molecular flexibility index (Phi) is 15.1. The molecule has 0 aliphatic carbocycles. The van der Waals surface area contributed by atoms with E-state index in [2.05, 4.69) is 10.6 Å². The molecule has 0 saturated carbocycles. The van der Waals surface area contributed by atoms with Gasteiger partial charge < -0.3 is 42.5 Å². The predicted molar refractivity (Wildman–Crippen MR) is 95.4 cm³/mol. The van der Waals surface area contributed by atoms with E-state index in [9.17, 15) is 20.4 Å². The maximum absolute atomic E-state index is 9.81. The van der Waals surface area contributed by atoms with Gasteiger partial charge in [-0.1, -0.05) is 24.3 Å². The van der Waals surface area contributed by atoms with Gasteiger partial charge in [0.05, 0.1) is 24.4 Å². The SMILES string of the molecule is NCC(O)CC=CCNCC(O)C(O)CNCC=CCC(O)CN. The molecule has 0 fully saturated rings. The molecule has 0 heterocycles. The van der Waals surface area contributed by atoms with Crippen molar-refractivity contribution in [3.05, 3.63) is 24.3 Å². The molecule has 0 spiro atoms. The Morgan fingerprint density at radius 1 is 0.667 bits per heavy atom. The van der Waals surface area contributed by atoms with Crippen molar-refractivity contribution in [1.82, 2.24) is 10.6 Å². The molecule has 0 saturated heterocycles. The summed E-state index contributed by atoms with van der Waals surface area (Å²) in [5.41, 5.74) is 10.6. The van der Waals surface area contributed by atoms with Crippen LogP contribution in [0.25, 0.3) is 0 Å². The van der Waals surface area contributed by atoms with E-state index in [4.69, 9.17) is 11.5 Å². The standard InChI is InChI=1S/C16H34N4O4/c17-9-13(21)5-1-3-7-19-11-15(23)16(24)12-20-8-4-2-6-14(22)10-18/h1-4,13-16,19-24H,5-12,17-18H2. The highest BCUT2D eigenvalue weighted by atomic mass is 16.3. The number of aliphatic hydroxyl groups excluding tert-OH is 4. The van der Waals surface area contributed by atoms with Gasteiger partial charge in [0.1, 0.15) is 0 Å². The van der Waals surface area contributed by atoms with Crippen LogP contribution in [-0.4, -0.2) is 84.1 Å². The Morgan fingerprint density at radius 2 is 1.04 bits per heavy atom. The minimum absolute atomic E-state index is 0.235. The lowest BCUT2D eigenvalue weighted by atomic mass is 10.2. The first-order valence-electron chi connectivity index (χ1n) is 8.35. The molecule has 8 nitrogen and oxygen atoms in total.